The molecule has 0 radical (unpaired) electrons. The van der Waals surface area contributed by atoms with Crippen molar-refractivity contribution in [1.82, 2.24) is 0 Å². The molecule has 100 valence electrons. The van der Waals surface area contributed by atoms with E-state index in [1.165, 1.54) is 6.07 Å². The first kappa shape index (κ1) is 13.5. The van der Waals surface area contributed by atoms with Crippen LogP contribution < -0.4 is 5.32 Å². The third kappa shape index (κ3) is 3.53. The fourth-order valence-electron chi connectivity index (χ4n) is 1.93. The van der Waals surface area contributed by atoms with E-state index in [0.29, 0.717) is 18.9 Å². The quantitative estimate of drug-likeness (QED) is 0.885. The van der Waals surface area contributed by atoms with Crippen LogP contribution in [0.5, 0.6) is 0 Å². The Hall–Kier alpha value is -0.940. The van der Waals surface area contributed by atoms with Gasteiger partial charge in [0.05, 0.1) is 12.2 Å². The summed E-state index contributed by atoms with van der Waals surface area (Å²) in [6, 6.07) is 3.52. The lowest BCUT2D eigenvalue weighted by Crippen LogP contribution is -2.30. The highest BCUT2D eigenvalue weighted by Gasteiger charge is 2.31. The molecule has 0 aromatic heterocycles. The first-order valence-electron chi connectivity index (χ1n) is 5.67. The van der Waals surface area contributed by atoms with Gasteiger partial charge in [-0.3, -0.25) is 0 Å². The summed E-state index contributed by atoms with van der Waals surface area (Å²) in [5.74, 6) is 0. The molecular formula is C12H13ClF3NO. The highest BCUT2D eigenvalue weighted by molar-refractivity contribution is 6.30. The maximum Gasteiger partial charge on any atom is 0.416 e. The molecule has 1 aliphatic heterocycles. The number of benzene rings is 1. The van der Waals surface area contributed by atoms with E-state index in [4.69, 9.17) is 16.3 Å². The summed E-state index contributed by atoms with van der Waals surface area (Å²) in [7, 11) is 0. The lowest BCUT2D eigenvalue weighted by atomic mass is 10.1. The second-order valence-corrected chi connectivity index (χ2v) is 4.72. The summed E-state index contributed by atoms with van der Waals surface area (Å²) in [5.41, 5.74) is -0.362. The van der Waals surface area contributed by atoms with Crippen molar-refractivity contribution in [2.24, 2.45) is 0 Å². The smallest absolute Gasteiger partial charge is 0.380 e. The summed E-state index contributed by atoms with van der Waals surface area (Å²) in [6.07, 6.45) is -2.59. The number of alkyl halides is 3. The van der Waals surface area contributed by atoms with Gasteiger partial charge in [-0.1, -0.05) is 11.6 Å². The lowest BCUT2D eigenvalue weighted by molar-refractivity contribution is -0.137. The zero-order valence-electron chi connectivity index (χ0n) is 9.56. The topological polar surface area (TPSA) is 21.3 Å². The molecule has 1 saturated heterocycles. The number of rotatable bonds is 2. The van der Waals surface area contributed by atoms with Crippen molar-refractivity contribution in [2.75, 3.05) is 18.5 Å². The largest absolute Gasteiger partial charge is 0.416 e. The SMILES string of the molecule is FC(F)(F)c1cc(Cl)cc(NC2CCCOC2)c1. The summed E-state index contributed by atoms with van der Waals surface area (Å²) < 4.78 is 43.1. The van der Waals surface area contributed by atoms with E-state index in [1.807, 2.05) is 0 Å². The Labute approximate surface area is 108 Å². The zero-order valence-corrected chi connectivity index (χ0v) is 10.3. The molecule has 1 atom stereocenters. The summed E-state index contributed by atoms with van der Waals surface area (Å²) in [6.45, 7) is 1.22. The van der Waals surface area contributed by atoms with Crippen LogP contribution in [-0.4, -0.2) is 19.3 Å². The van der Waals surface area contributed by atoms with Crippen LogP contribution in [0.1, 0.15) is 18.4 Å². The maximum atomic E-state index is 12.6. The molecule has 0 saturated carbocycles. The normalized spacial score (nSPS) is 20.8. The molecule has 2 rings (SSSR count). The summed E-state index contributed by atoms with van der Waals surface area (Å²) in [5, 5.41) is 3.10. The van der Waals surface area contributed by atoms with Gasteiger partial charge in [0.15, 0.2) is 0 Å². The standard InChI is InChI=1S/C12H13ClF3NO/c13-9-4-8(12(14,15)16)5-11(6-9)17-10-2-1-3-18-7-10/h4-6,10,17H,1-3,7H2. The van der Waals surface area contributed by atoms with Crippen LogP contribution in [0.4, 0.5) is 18.9 Å². The van der Waals surface area contributed by atoms with Gasteiger partial charge in [-0.05, 0) is 31.0 Å². The van der Waals surface area contributed by atoms with E-state index in [2.05, 4.69) is 5.32 Å². The predicted octanol–water partition coefficient (Wildman–Crippen LogP) is 3.95. The van der Waals surface area contributed by atoms with Crippen LogP contribution in [0.2, 0.25) is 5.02 Å². The highest BCUT2D eigenvalue weighted by atomic mass is 35.5. The number of ether oxygens (including phenoxy) is 1. The van der Waals surface area contributed by atoms with Crippen LogP contribution >= 0.6 is 11.6 Å². The fraction of sp³-hybridized carbons (Fsp3) is 0.500. The Morgan fingerprint density at radius 1 is 1.28 bits per heavy atom. The lowest BCUT2D eigenvalue weighted by Gasteiger charge is -2.24. The molecule has 1 fully saturated rings. The molecule has 0 aliphatic carbocycles. The third-order valence-corrected chi connectivity index (χ3v) is 2.97. The minimum Gasteiger partial charge on any atom is -0.380 e. The minimum atomic E-state index is -4.38. The average Bonchev–Trinajstić information content (AvgIpc) is 2.28. The van der Waals surface area contributed by atoms with E-state index in [0.717, 1.165) is 25.0 Å². The van der Waals surface area contributed by atoms with Gasteiger partial charge in [-0.2, -0.15) is 13.2 Å². The van der Waals surface area contributed by atoms with E-state index in [9.17, 15) is 13.2 Å². The Morgan fingerprint density at radius 3 is 2.67 bits per heavy atom. The van der Waals surface area contributed by atoms with Gasteiger partial charge in [0, 0.05) is 23.4 Å². The first-order valence-corrected chi connectivity index (χ1v) is 6.05. The van der Waals surface area contributed by atoms with Gasteiger partial charge >= 0.3 is 6.18 Å². The van der Waals surface area contributed by atoms with Gasteiger partial charge in [-0.25, -0.2) is 0 Å². The second-order valence-electron chi connectivity index (χ2n) is 4.28. The second kappa shape index (κ2) is 5.36. The van der Waals surface area contributed by atoms with E-state index >= 15 is 0 Å². The highest BCUT2D eigenvalue weighted by Crippen LogP contribution is 2.33. The molecule has 1 unspecified atom stereocenters. The first-order chi connectivity index (χ1) is 8.45. The Morgan fingerprint density at radius 2 is 2.06 bits per heavy atom. The van der Waals surface area contributed by atoms with Crippen molar-refractivity contribution in [2.45, 2.75) is 25.1 Å². The Balaban J connectivity index is 2.14. The third-order valence-electron chi connectivity index (χ3n) is 2.76. The summed E-state index contributed by atoms with van der Waals surface area (Å²) in [4.78, 5) is 0. The molecule has 6 heteroatoms. The maximum absolute atomic E-state index is 12.6. The van der Waals surface area contributed by atoms with E-state index in [1.54, 1.807) is 0 Å². The molecule has 0 bridgehead atoms. The van der Waals surface area contributed by atoms with Crippen LogP contribution in [0, 0.1) is 0 Å². The van der Waals surface area contributed by atoms with Crippen molar-refractivity contribution in [3.05, 3.63) is 28.8 Å². The molecule has 18 heavy (non-hydrogen) atoms. The number of hydrogen-bond acceptors (Lipinski definition) is 2. The van der Waals surface area contributed by atoms with Crippen molar-refractivity contribution < 1.29 is 17.9 Å². The number of halogens is 4. The summed E-state index contributed by atoms with van der Waals surface area (Å²) >= 11 is 5.70. The molecule has 1 heterocycles. The molecule has 0 amide bonds. The van der Waals surface area contributed by atoms with Crippen LogP contribution in [-0.2, 0) is 10.9 Å². The zero-order chi connectivity index (χ0) is 13.2. The van der Waals surface area contributed by atoms with Crippen LogP contribution in [0.15, 0.2) is 18.2 Å². The molecule has 1 aromatic rings. The van der Waals surface area contributed by atoms with Crippen molar-refractivity contribution >= 4 is 17.3 Å². The van der Waals surface area contributed by atoms with Gasteiger partial charge in [0.25, 0.3) is 0 Å². The van der Waals surface area contributed by atoms with Crippen LogP contribution in [0.25, 0.3) is 0 Å². The van der Waals surface area contributed by atoms with Crippen molar-refractivity contribution in [1.29, 1.82) is 0 Å². The average molecular weight is 280 g/mol. The molecule has 1 aromatic carbocycles. The van der Waals surface area contributed by atoms with Crippen LogP contribution in [0.3, 0.4) is 0 Å². The predicted molar refractivity (Wildman–Crippen MR) is 63.9 cm³/mol. The minimum absolute atomic E-state index is 0.0401. The molecule has 1 aliphatic rings. The van der Waals surface area contributed by atoms with Gasteiger partial charge < -0.3 is 10.1 Å². The van der Waals surface area contributed by atoms with E-state index in [-0.39, 0.29) is 11.1 Å². The fourth-order valence-corrected chi connectivity index (χ4v) is 2.16. The number of hydrogen-bond donors (Lipinski definition) is 1. The number of anilines is 1. The number of nitrogens with one attached hydrogen (secondary N) is 1. The van der Waals surface area contributed by atoms with Gasteiger partial charge in [0.1, 0.15) is 0 Å². The van der Waals surface area contributed by atoms with Crippen molar-refractivity contribution in [3.8, 4) is 0 Å². The van der Waals surface area contributed by atoms with Gasteiger partial charge in [0.2, 0.25) is 0 Å². The monoisotopic (exact) mass is 279 g/mol. The van der Waals surface area contributed by atoms with Crippen molar-refractivity contribution in [3.63, 3.8) is 0 Å². The molecular weight excluding hydrogens is 267 g/mol. The molecule has 0 spiro atoms. The Kier molecular flexibility index (Phi) is 4.02. The molecule has 2 nitrogen and oxygen atoms in total. The van der Waals surface area contributed by atoms with E-state index < -0.39 is 11.7 Å². The van der Waals surface area contributed by atoms with Gasteiger partial charge in [-0.15, -0.1) is 0 Å². The molecule has 1 N–H and O–H groups in total. The Bertz CT molecular complexity index is 416.